The minimum atomic E-state index is -1.31. The van der Waals surface area contributed by atoms with Gasteiger partial charge in [-0.25, -0.2) is 4.79 Å². The Balaban J connectivity index is 4.81. The Labute approximate surface area is 134 Å². The highest BCUT2D eigenvalue weighted by Crippen LogP contribution is 2.11. The SMILES string of the molecule is CCCCC(NC(=O)OC(C)(C)C)C(O)C(=O)NC(C)(C)C. The predicted molar refractivity (Wildman–Crippen MR) is 86.6 cm³/mol. The van der Waals surface area contributed by atoms with E-state index in [1.807, 2.05) is 27.7 Å². The third kappa shape index (κ3) is 9.60. The molecule has 6 nitrogen and oxygen atoms in total. The number of amides is 2. The van der Waals surface area contributed by atoms with Crippen LogP contribution in [0.1, 0.15) is 67.7 Å². The van der Waals surface area contributed by atoms with E-state index in [1.54, 1.807) is 20.8 Å². The fourth-order valence-corrected chi connectivity index (χ4v) is 1.82. The first-order valence-corrected chi connectivity index (χ1v) is 7.85. The highest BCUT2D eigenvalue weighted by molar-refractivity contribution is 5.82. The number of hydrogen-bond acceptors (Lipinski definition) is 4. The Bertz CT molecular complexity index is 369. The Morgan fingerprint density at radius 1 is 1.14 bits per heavy atom. The number of aliphatic hydroxyl groups is 1. The van der Waals surface area contributed by atoms with Gasteiger partial charge in [-0.3, -0.25) is 4.79 Å². The maximum absolute atomic E-state index is 12.1. The number of carbonyl (C=O) groups excluding carboxylic acids is 2. The molecule has 130 valence electrons. The van der Waals surface area contributed by atoms with Gasteiger partial charge >= 0.3 is 6.09 Å². The number of aliphatic hydroxyl groups excluding tert-OH is 1. The molecule has 0 bridgehead atoms. The lowest BCUT2D eigenvalue weighted by Crippen LogP contribution is -2.54. The second-order valence-corrected chi connectivity index (χ2v) is 7.58. The van der Waals surface area contributed by atoms with Gasteiger partial charge in [0.1, 0.15) is 5.60 Å². The number of nitrogens with one attached hydrogen (secondary N) is 2. The van der Waals surface area contributed by atoms with Crippen LogP contribution in [0.2, 0.25) is 0 Å². The second kappa shape index (κ2) is 8.36. The zero-order valence-corrected chi connectivity index (χ0v) is 14.9. The van der Waals surface area contributed by atoms with Crippen molar-refractivity contribution in [2.45, 2.75) is 91.0 Å². The molecule has 0 aliphatic rings. The molecule has 0 aromatic rings. The highest BCUT2D eigenvalue weighted by atomic mass is 16.6. The van der Waals surface area contributed by atoms with Gasteiger partial charge in [-0.1, -0.05) is 19.8 Å². The highest BCUT2D eigenvalue weighted by Gasteiger charge is 2.30. The van der Waals surface area contributed by atoms with Crippen LogP contribution in [0.15, 0.2) is 0 Å². The molecule has 0 aliphatic carbocycles. The van der Waals surface area contributed by atoms with Crippen molar-refractivity contribution in [3.8, 4) is 0 Å². The van der Waals surface area contributed by atoms with E-state index in [0.717, 1.165) is 12.8 Å². The van der Waals surface area contributed by atoms with Crippen molar-refractivity contribution in [1.29, 1.82) is 0 Å². The number of ether oxygens (including phenoxy) is 1. The first-order chi connectivity index (χ1) is 9.85. The van der Waals surface area contributed by atoms with Gasteiger partial charge in [-0.15, -0.1) is 0 Å². The summed E-state index contributed by atoms with van der Waals surface area (Å²) in [5.74, 6) is -0.496. The zero-order valence-electron chi connectivity index (χ0n) is 14.9. The van der Waals surface area contributed by atoms with Crippen LogP contribution >= 0.6 is 0 Å². The summed E-state index contributed by atoms with van der Waals surface area (Å²) in [6.07, 6.45) is 0.268. The summed E-state index contributed by atoms with van der Waals surface area (Å²) in [7, 11) is 0. The lowest BCUT2D eigenvalue weighted by molar-refractivity contribution is -0.132. The van der Waals surface area contributed by atoms with Crippen LogP contribution in [0.5, 0.6) is 0 Å². The van der Waals surface area contributed by atoms with E-state index in [-0.39, 0.29) is 0 Å². The molecule has 2 amide bonds. The summed E-state index contributed by atoms with van der Waals surface area (Å²) in [5.41, 5.74) is -1.07. The summed E-state index contributed by atoms with van der Waals surface area (Å²) >= 11 is 0. The lowest BCUT2D eigenvalue weighted by Gasteiger charge is -2.28. The fraction of sp³-hybridized carbons (Fsp3) is 0.875. The van der Waals surface area contributed by atoms with E-state index >= 15 is 0 Å². The van der Waals surface area contributed by atoms with Gasteiger partial charge in [0, 0.05) is 5.54 Å². The van der Waals surface area contributed by atoms with Gasteiger partial charge in [-0.2, -0.15) is 0 Å². The average Bonchev–Trinajstić information content (AvgIpc) is 2.29. The third-order valence-electron chi connectivity index (χ3n) is 2.72. The molecule has 0 aromatic carbocycles. The predicted octanol–water partition coefficient (Wildman–Crippen LogP) is 2.35. The van der Waals surface area contributed by atoms with Crippen molar-refractivity contribution in [2.75, 3.05) is 0 Å². The largest absolute Gasteiger partial charge is 0.444 e. The molecular formula is C16H32N2O4. The molecule has 0 spiro atoms. The van der Waals surface area contributed by atoms with Gasteiger partial charge in [-0.05, 0) is 48.0 Å². The van der Waals surface area contributed by atoms with Crippen molar-refractivity contribution >= 4 is 12.0 Å². The van der Waals surface area contributed by atoms with E-state index in [4.69, 9.17) is 4.74 Å². The molecular weight excluding hydrogens is 284 g/mol. The van der Waals surface area contributed by atoms with Crippen LogP contribution < -0.4 is 10.6 Å². The van der Waals surface area contributed by atoms with Crippen molar-refractivity contribution in [2.24, 2.45) is 0 Å². The van der Waals surface area contributed by atoms with E-state index in [2.05, 4.69) is 10.6 Å². The summed E-state index contributed by atoms with van der Waals surface area (Å²) in [4.78, 5) is 23.9. The normalized spacial score (nSPS) is 14.9. The van der Waals surface area contributed by atoms with Crippen LogP contribution in [-0.2, 0) is 9.53 Å². The monoisotopic (exact) mass is 316 g/mol. The van der Waals surface area contributed by atoms with Crippen LogP contribution in [-0.4, -0.2) is 40.4 Å². The van der Waals surface area contributed by atoms with Crippen LogP contribution in [0.3, 0.4) is 0 Å². The molecule has 0 aliphatic heterocycles. The molecule has 3 N–H and O–H groups in total. The van der Waals surface area contributed by atoms with E-state index in [1.165, 1.54) is 0 Å². The number of alkyl carbamates (subject to hydrolysis) is 1. The first-order valence-electron chi connectivity index (χ1n) is 7.85. The van der Waals surface area contributed by atoms with E-state index < -0.39 is 35.3 Å². The Morgan fingerprint density at radius 3 is 2.09 bits per heavy atom. The van der Waals surface area contributed by atoms with Gasteiger partial charge in [0.25, 0.3) is 5.91 Å². The standard InChI is InChI=1S/C16H32N2O4/c1-8-9-10-11(17-14(21)22-16(5,6)7)12(19)13(20)18-15(2,3)4/h11-12,19H,8-10H2,1-7H3,(H,17,21)(H,18,20). The topological polar surface area (TPSA) is 87.7 Å². The maximum Gasteiger partial charge on any atom is 0.407 e. The smallest absolute Gasteiger partial charge is 0.407 e. The van der Waals surface area contributed by atoms with Gasteiger partial charge < -0.3 is 20.5 Å². The van der Waals surface area contributed by atoms with Crippen molar-refractivity contribution in [1.82, 2.24) is 10.6 Å². The molecule has 0 aromatic heterocycles. The zero-order chi connectivity index (χ0) is 17.6. The Hall–Kier alpha value is -1.30. The number of unbranched alkanes of at least 4 members (excludes halogenated alkanes) is 1. The summed E-state index contributed by atoms with van der Waals surface area (Å²) in [6.45, 7) is 12.8. The van der Waals surface area contributed by atoms with E-state index in [9.17, 15) is 14.7 Å². The molecule has 0 fully saturated rings. The molecule has 22 heavy (non-hydrogen) atoms. The molecule has 0 heterocycles. The summed E-state index contributed by atoms with van der Waals surface area (Å²) < 4.78 is 5.19. The van der Waals surface area contributed by atoms with Crippen molar-refractivity contribution in [3.63, 3.8) is 0 Å². The minimum Gasteiger partial charge on any atom is -0.444 e. The van der Waals surface area contributed by atoms with E-state index in [0.29, 0.717) is 6.42 Å². The first kappa shape index (κ1) is 20.7. The number of carbonyl (C=O) groups is 2. The molecule has 2 unspecified atom stereocenters. The average molecular weight is 316 g/mol. The molecule has 2 atom stereocenters. The van der Waals surface area contributed by atoms with Crippen LogP contribution in [0.4, 0.5) is 4.79 Å². The third-order valence-corrected chi connectivity index (χ3v) is 2.72. The van der Waals surface area contributed by atoms with Crippen molar-refractivity contribution in [3.05, 3.63) is 0 Å². The van der Waals surface area contributed by atoms with Crippen LogP contribution in [0, 0.1) is 0 Å². The van der Waals surface area contributed by atoms with Gasteiger partial charge in [0.15, 0.2) is 6.10 Å². The summed E-state index contributed by atoms with van der Waals surface area (Å²) in [6, 6.07) is -0.669. The van der Waals surface area contributed by atoms with Gasteiger partial charge in [0.05, 0.1) is 6.04 Å². The summed E-state index contributed by atoms with van der Waals surface area (Å²) in [5, 5.41) is 15.6. The maximum atomic E-state index is 12.1. The molecule has 6 heteroatoms. The fourth-order valence-electron chi connectivity index (χ4n) is 1.82. The minimum absolute atomic E-state index is 0.445. The Kier molecular flexibility index (Phi) is 7.87. The lowest BCUT2D eigenvalue weighted by atomic mass is 10.0. The quantitative estimate of drug-likeness (QED) is 0.702. The van der Waals surface area contributed by atoms with Crippen molar-refractivity contribution < 1.29 is 19.4 Å². The number of hydrogen-bond donors (Lipinski definition) is 3. The molecule has 0 radical (unpaired) electrons. The molecule has 0 saturated carbocycles. The van der Waals surface area contributed by atoms with Gasteiger partial charge in [0.2, 0.25) is 0 Å². The molecule has 0 rings (SSSR count). The Morgan fingerprint density at radius 2 is 1.68 bits per heavy atom. The second-order valence-electron chi connectivity index (χ2n) is 7.58. The van der Waals surface area contributed by atoms with Crippen LogP contribution in [0.25, 0.3) is 0 Å². The number of rotatable bonds is 6. The molecule has 0 saturated heterocycles.